The molecule has 19 heavy (non-hydrogen) atoms. The Morgan fingerprint density at radius 2 is 1.68 bits per heavy atom. The Kier molecular flexibility index (Phi) is 3.60. The van der Waals surface area contributed by atoms with E-state index in [0.29, 0.717) is 6.54 Å². The quantitative estimate of drug-likeness (QED) is 0.780. The van der Waals surface area contributed by atoms with Crippen LogP contribution in [0, 0.1) is 0 Å². The van der Waals surface area contributed by atoms with Crippen molar-refractivity contribution in [1.29, 1.82) is 0 Å². The summed E-state index contributed by atoms with van der Waals surface area (Å²) in [6.45, 7) is 2.71. The van der Waals surface area contributed by atoms with Crippen LogP contribution in [-0.4, -0.2) is 30.3 Å². The summed E-state index contributed by atoms with van der Waals surface area (Å²) in [5, 5.41) is 2.34. The second-order valence-corrected chi connectivity index (χ2v) is 5.32. The molecule has 0 amide bonds. The van der Waals surface area contributed by atoms with Crippen molar-refractivity contribution >= 4 is 16.6 Å². The third-order valence-corrected chi connectivity index (χ3v) is 3.89. The van der Waals surface area contributed by atoms with E-state index >= 15 is 0 Å². The van der Waals surface area contributed by atoms with E-state index in [1.807, 2.05) is 30.3 Å². The number of Topliss-reactive ketones (excluding diaryl/α,β-unsaturated/α-hetero) is 1. The van der Waals surface area contributed by atoms with Crippen molar-refractivity contribution < 1.29 is 4.79 Å². The van der Waals surface area contributed by atoms with E-state index in [-0.39, 0.29) is 5.78 Å². The Hall–Kier alpha value is -1.67. The molecule has 2 nitrogen and oxygen atoms in total. The van der Waals surface area contributed by atoms with E-state index in [2.05, 4.69) is 17.0 Å². The third kappa shape index (κ3) is 2.85. The Labute approximate surface area is 114 Å². The van der Waals surface area contributed by atoms with Crippen LogP contribution in [-0.2, 0) is 0 Å². The fourth-order valence-electron chi connectivity index (χ4n) is 2.77. The summed E-state index contributed by atoms with van der Waals surface area (Å²) < 4.78 is 0. The maximum Gasteiger partial charge on any atom is 0.176 e. The van der Waals surface area contributed by atoms with Crippen molar-refractivity contribution in [2.24, 2.45) is 0 Å². The lowest BCUT2D eigenvalue weighted by atomic mass is 10.0. The molecule has 2 aromatic rings. The van der Waals surface area contributed by atoms with Gasteiger partial charge < -0.3 is 0 Å². The zero-order valence-corrected chi connectivity index (χ0v) is 11.1. The molecule has 2 aromatic carbocycles. The average Bonchev–Trinajstić information content (AvgIpc) is 2.48. The summed E-state index contributed by atoms with van der Waals surface area (Å²) in [5.74, 6) is 0.243. The molecule has 0 aromatic heterocycles. The van der Waals surface area contributed by atoms with Gasteiger partial charge in [-0.1, -0.05) is 42.8 Å². The molecule has 0 N–H and O–H groups in total. The summed E-state index contributed by atoms with van der Waals surface area (Å²) in [7, 11) is 0. The molecule has 0 atom stereocenters. The standard InChI is InChI=1S/C17H19NO/c19-17(13-18-10-4-1-5-11-18)16-9-8-14-6-2-3-7-15(14)12-16/h2-3,6-9,12H,1,4-5,10-11,13H2. The minimum Gasteiger partial charge on any atom is -0.296 e. The van der Waals surface area contributed by atoms with Crippen LogP contribution in [0.5, 0.6) is 0 Å². The highest BCUT2D eigenvalue weighted by Gasteiger charge is 2.15. The second kappa shape index (κ2) is 5.54. The third-order valence-electron chi connectivity index (χ3n) is 3.89. The van der Waals surface area contributed by atoms with Gasteiger partial charge in [-0.05, 0) is 42.8 Å². The summed E-state index contributed by atoms with van der Waals surface area (Å²) in [4.78, 5) is 14.6. The van der Waals surface area contributed by atoms with Gasteiger partial charge in [0.1, 0.15) is 0 Å². The number of carbonyl (C=O) groups is 1. The largest absolute Gasteiger partial charge is 0.296 e. The van der Waals surface area contributed by atoms with Crippen molar-refractivity contribution in [3.05, 3.63) is 48.0 Å². The maximum absolute atomic E-state index is 12.3. The van der Waals surface area contributed by atoms with Crippen molar-refractivity contribution in [2.75, 3.05) is 19.6 Å². The molecule has 1 heterocycles. The molecule has 98 valence electrons. The Morgan fingerprint density at radius 1 is 0.947 bits per heavy atom. The number of ketones is 1. The van der Waals surface area contributed by atoms with Crippen LogP contribution < -0.4 is 0 Å². The van der Waals surface area contributed by atoms with Crippen LogP contribution in [0.3, 0.4) is 0 Å². The smallest absolute Gasteiger partial charge is 0.176 e. The first-order valence-electron chi connectivity index (χ1n) is 7.07. The van der Waals surface area contributed by atoms with Crippen LogP contribution in [0.15, 0.2) is 42.5 Å². The number of nitrogens with zero attached hydrogens (tertiary/aromatic N) is 1. The van der Waals surface area contributed by atoms with Gasteiger partial charge in [0.25, 0.3) is 0 Å². The molecule has 1 fully saturated rings. The highest BCUT2D eigenvalue weighted by atomic mass is 16.1. The van der Waals surface area contributed by atoms with E-state index in [1.165, 1.54) is 24.6 Å². The Morgan fingerprint density at radius 3 is 2.47 bits per heavy atom. The number of carbonyl (C=O) groups excluding carboxylic acids is 1. The van der Waals surface area contributed by atoms with Gasteiger partial charge in [0.15, 0.2) is 5.78 Å². The number of rotatable bonds is 3. The van der Waals surface area contributed by atoms with Crippen molar-refractivity contribution in [1.82, 2.24) is 4.90 Å². The van der Waals surface area contributed by atoms with Gasteiger partial charge in [-0.3, -0.25) is 9.69 Å². The highest BCUT2D eigenvalue weighted by Crippen LogP contribution is 2.17. The first-order chi connectivity index (χ1) is 9.33. The monoisotopic (exact) mass is 253 g/mol. The molecule has 1 saturated heterocycles. The normalized spacial score (nSPS) is 16.6. The van der Waals surface area contributed by atoms with Crippen LogP contribution >= 0.6 is 0 Å². The van der Waals surface area contributed by atoms with Crippen molar-refractivity contribution in [2.45, 2.75) is 19.3 Å². The molecule has 0 spiro atoms. The van der Waals surface area contributed by atoms with E-state index in [0.717, 1.165) is 24.0 Å². The van der Waals surface area contributed by atoms with E-state index in [4.69, 9.17) is 0 Å². The number of hydrogen-bond acceptors (Lipinski definition) is 2. The van der Waals surface area contributed by atoms with Gasteiger partial charge in [0.2, 0.25) is 0 Å². The molecule has 1 aliphatic rings. The lowest BCUT2D eigenvalue weighted by Gasteiger charge is -2.25. The predicted molar refractivity (Wildman–Crippen MR) is 78.6 cm³/mol. The zero-order chi connectivity index (χ0) is 13.1. The van der Waals surface area contributed by atoms with E-state index < -0.39 is 0 Å². The lowest BCUT2D eigenvalue weighted by molar-refractivity contribution is 0.0916. The average molecular weight is 253 g/mol. The lowest BCUT2D eigenvalue weighted by Crippen LogP contribution is -2.34. The summed E-state index contributed by atoms with van der Waals surface area (Å²) in [5.41, 5.74) is 0.837. The van der Waals surface area contributed by atoms with Crippen LogP contribution in [0.25, 0.3) is 10.8 Å². The second-order valence-electron chi connectivity index (χ2n) is 5.32. The fourth-order valence-corrected chi connectivity index (χ4v) is 2.77. The number of piperidine rings is 1. The molecule has 1 aliphatic heterocycles. The van der Waals surface area contributed by atoms with Crippen molar-refractivity contribution in [3.8, 4) is 0 Å². The number of fused-ring (bicyclic) bond motifs is 1. The molecule has 2 heteroatoms. The predicted octanol–water partition coefficient (Wildman–Crippen LogP) is 3.51. The summed E-state index contributed by atoms with van der Waals surface area (Å²) in [6.07, 6.45) is 3.76. The molecular formula is C17H19NO. The van der Waals surface area contributed by atoms with Crippen LogP contribution in [0.2, 0.25) is 0 Å². The molecule has 0 bridgehead atoms. The van der Waals surface area contributed by atoms with E-state index in [9.17, 15) is 4.79 Å². The number of likely N-dealkylation sites (tertiary alicyclic amines) is 1. The van der Waals surface area contributed by atoms with Gasteiger partial charge in [-0.2, -0.15) is 0 Å². The maximum atomic E-state index is 12.3. The molecule has 0 saturated carbocycles. The number of benzene rings is 2. The van der Waals surface area contributed by atoms with Gasteiger partial charge >= 0.3 is 0 Å². The van der Waals surface area contributed by atoms with Crippen LogP contribution in [0.4, 0.5) is 0 Å². The summed E-state index contributed by atoms with van der Waals surface area (Å²) >= 11 is 0. The molecular weight excluding hydrogens is 234 g/mol. The SMILES string of the molecule is O=C(CN1CCCCC1)c1ccc2ccccc2c1. The molecule has 0 unspecified atom stereocenters. The Balaban J connectivity index is 1.77. The van der Waals surface area contributed by atoms with Crippen LogP contribution in [0.1, 0.15) is 29.6 Å². The van der Waals surface area contributed by atoms with Gasteiger partial charge in [-0.25, -0.2) is 0 Å². The topological polar surface area (TPSA) is 20.3 Å². The molecule has 3 rings (SSSR count). The Bertz CT molecular complexity index is 585. The fraction of sp³-hybridized carbons (Fsp3) is 0.353. The highest BCUT2D eigenvalue weighted by molar-refractivity contribution is 6.01. The van der Waals surface area contributed by atoms with E-state index in [1.54, 1.807) is 0 Å². The minimum atomic E-state index is 0.243. The molecule has 0 aliphatic carbocycles. The first-order valence-corrected chi connectivity index (χ1v) is 7.07. The van der Waals surface area contributed by atoms with Crippen molar-refractivity contribution in [3.63, 3.8) is 0 Å². The first kappa shape index (κ1) is 12.4. The van der Waals surface area contributed by atoms with Gasteiger partial charge in [0.05, 0.1) is 6.54 Å². The number of hydrogen-bond donors (Lipinski definition) is 0. The van der Waals surface area contributed by atoms with Gasteiger partial charge in [0, 0.05) is 5.56 Å². The summed E-state index contributed by atoms with van der Waals surface area (Å²) in [6, 6.07) is 14.2. The minimum absolute atomic E-state index is 0.243. The van der Waals surface area contributed by atoms with Gasteiger partial charge in [-0.15, -0.1) is 0 Å². The zero-order valence-electron chi connectivity index (χ0n) is 11.1. The molecule has 0 radical (unpaired) electrons.